The molecule has 0 aromatic heterocycles. The van der Waals surface area contributed by atoms with Gasteiger partial charge in [-0.05, 0) is 6.08 Å². The van der Waals surface area contributed by atoms with Crippen LogP contribution < -0.4 is 5.32 Å². The van der Waals surface area contributed by atoms with Gasteiger partial charge in [-0.25, -0.2) is 4.79 Å². The molecule has 1 saturated heterocycles. The van der Waals surface area contributed by atoms with Crippen molar-refractivity contribution in [3.8, 4) is 0 Å². The Bertz CT molecular complexity index is 443. The van der Waals surface area contributed by atoms with E-state index >= 15 is 0 Å². The fourth-order valence-corrected chi connectivity index (χ4v) is 2.63. The molecule has 0 bridgehead atoms. The lowest BCUT2D eigenvalue weighted by Crippen LogP contribution is -2.47. The van der Waals surface area contributed by atoms with Gasteiger partial charge in [-0.2, -0.15) is 0 Å². The van der Waals surface area contributed by atoms with E-state index in [4.69, 9.17) is 9.84 Å². The summed E-state index contributed by atoms with van der Waals surface area (Å²) in [6.45, 7) is 1.05. The second-order valence-corrected chi connectivity index (χ2v) is 4.51. The Kier molecular flexibility index (Phi) is 2.14. The maximum atomic E-state index is 10.9. The van der Waals surface area contributed by atoms with Crippen LogP contribution in [0.5, 0.6) is 0 Å². The van der Waals surface area contributed by atoms with Crippen molar-refractivity contribution < 1.29 is 14.6 Å². The van der Waals surface area contributed by atoms with Crippen molar-refractivity contribution in [2.45, 2.75) is 18.4 Å². The number of likely N-dealkylation sites (tertiary alicyclic amines) is 1. The zero-order valence-electron chi connectivity index (χ0n) is 9.35. The molecule has 5 heteroatoms. The molecular formula is C12H14N2O3. The van der Waals surface area contributed by atoms with Crippen LogP contribution >= 0.6 is 0 Å². The second-order valence-electron chi connectivity index (χ2n) is 4.51. The highest BCUT2D eigenvalue weighted by Crippen LogP contribution is 2.43. The maximum absolute atomic E-state index is 10.9. The van der Waals surface area contributed by atoms with Crippen LogP contribution in [0, 0.1) is 0 Å². The SMILES string of the molecule is O=C(O)N1CCC2(CC1)OC=C1C=CNC=C12. The van der Waals surface area contributed by atoms with Crippen LogP contribution in [0.25, 0.3) is 0 Å². The highest BCUT2D eigenvalue weighted by Gasteiger charge is 2.45. The summed E-state index contributed by atoms with van der Waals surface area (Å²) in [5.41, 5.74) is 1.91. The van der Waals surface area contributed by atoms with Crippen LogP contribution in [0.2, 0.25) is 0 Å². The van der Waals surface area contributed by atoms with E-state index in [1.165, 1.54) is 4.90 Å². The molecule has 0 saturated carbocycles. The molecule has 90 valence electrons. The van der Waals surface area contributed by atoms with Crippen molar-refractivity contribution in [1.29, 1.82) is 0 Å². The van der Waals surface area contributed by atoms with Crippen molar-refractivity contribution in [2.75, 3.05) is 13.1 Å². The number of piperidine rings is 1. The minimum absolute atomic E-state index is 0.320. The highest BCUT2D eigenvalue weighted by atomic mass is 16.5. The number of amides is 1. The highest BCUT2D eigenvalue weighted by molar-refractivity contribution is 5.65. The van der Waals surface area contributed by atoms with E-state index in [1.807, 2.05) is 18.5 Å². The molecule has 5 nitrogen and oxygen atoms in total. The molecule has 3 heterocycles. The average Bonchev–Trinajstić information content (AvgIpc) is 2.70. The van der Waals surface area contributed by atoms with Gasteiger partial charge in [0.1, 0.15) is 5.60 Å². The molecule has 0 aromatic carbocycles. The molecule has 1 amide bonds. The number of fused-ring (bicyclic) bond motifs is 2. The topological polar surface area (TPSA) is 61.8 Å². The summed E-state index contributed by atoms with van der Waals surface area (Å²) in [6.07, 6.45) is 8.15. The van der Waals surface area contributed by atoms with Crippen molar-refractivity contribution in [1.82, 2.24) is 10.2 Å². The lowest BCUT2D eigenvalue weighted by molar-refractivity contribution is 0.0130. The molecule has 0 radical (unpaired) electrons. The molecule has 0 aliphatic carbocycles. The van der Waals surface area contributed by atoms with Gasteiger partial charge in [0.15, 0.2) is 0 Å². The average molecular weight is 234 g/mol. The first-order valence-electron chi connectivity index (χ1n) is 5.71. The fraction of sp³-hybridized carbons (Fsp3) is 0.417. The van der Waals surface area contributed by atoms with Gasteiger partial charge >= 0.3 is 6.09 Å². The van der Waals surface area contributed by atoms with Gasteiger partial charge in [0, 0.05) is 49.5 Å². The van der Waals surface area contributed by atoms with E-state index in [9.17, 15) is 4.79 Å². The van der Waals surface area contributed by atoms with Gasteiger partial charge in [-0.1, -0.05) is 0 Å². The molecular weight excluding hydrogens is 220 g/mol. The number of ether oxygens (including phenoxy) is 1. The summed E-state index contributed by atoms with van der Waals surface area (Å²) >= 11 is 0. The minimum Gasteiger partial charge on any atom is -0.489 e. The molecule has 0 unspecified atom stereocenters. The predicted octanol–water partition coefficient (Wildman–Crippen LogP) is 1.41. The fourth-order valence-electron chi connectivity index (χ4n) is 2.63. The van der Waals surface area contributed by atoms with E-state index in [0.29, 0.717) is 25.9 Å². The third-order valence-corrected chi connectivity index (χ3v) is 3.64. The standard InChI is InChI=1S/C12H14N2O3/c15-11(16)14-5-2-12(3-6-14)10-7-13-4-1-9(10)8-17-12/h1,4,7-8,13H,2-3,5-6H2,(H,15,16). The van der Waals surface area contributed by atoms with Crippen LogP contribution in [-0.2, 0) is 4.74 Å². The van der Waals surface area contributed by atoms with Gasteiger partial charge in [0.05, 0.1) is 6.26 Å². The number of hydrogen-bond acceptors (Lipinski definition) is 3. The largest absolute Gasteiger partial charge is 0.489 e. The third kappa shape index (κ3) is 1.50. The van der Waals surface area contributed by atoms with Gasteiger partial charge in [0.25, 0.3) is 0 Å². The Morgan fingerprint density at radius 1 is 1.47 bits per heavy atom. The first-order chi connectivity index (χ1) is 8.21. The van der Waals surface area contributed by atoms with Crippen molar-refractivity contribution >= 4 is 6.09 Å². The number of nitrogens with zero attached hydrogens (tertiary/aromatic N) is 1. The second kappa shape index (κ2) is 3.55. The first kappa shape index (κ1) is 10.3. The molecule has 1 spiro atoms. The van der Waals surface area contributed by atoms with Crippen LogP contribution in [0.1, 0.15) is 12.8 Å². The lowest BCUT2D eigenvalue weighted by Gasteiger charge is -2.38. The Morgan fingerprint density at radius 2 is 2.24 bits per heavy atom. The minimum atomic E-state index is -0.846. The van der Waals surface area contributed by atoms with Crippen LogP contribution in [0.3, 0.4) is 0 Å². The maximum Gasteiger partial charge on any atom is 0.407 e. The van der Waals surface area contributed by atoms with Crippen LogP contribution in [-0.4, -0.2) is 34.8 Å². The van der Waals surface area contributed by atoms with Crippen LogP contribution in [0.15, 0.2) is 35.9 Å². The Balaban J connectivity index is 1.78. The van der Waals surface area contributed by atoms with Crippen LogP contribution in [0.4, 0.5) is 4.79 Å². The summed E-state index contributed by atoms with van der Waals surface area (Å²) in [5.74, 6) is 0. The number of allylic oxidation sites excluding steroid dienone is 1. The third-order valence-electron chi connectivity index (χ3n) is 3.64. The van der Waals surface area contributed by atoms with E-state index < -0.39 is 6.09 Å². The molecule has 3 aliphatic rings. The van der Waals surface area contributed by atoms with E-state index in [2.05, 4.69) is 5.32 Å². The number of hydrogen-bond donors (Lipinski definition) is 2. The van der Waals surface area contributed by atoms with E-state index in [0.717, 1.165) is 11.1 Å². The predicted molar refractivity (Wildman–Crippen MR) is 61.1 cm³/mol. The summed E-state index contributed by atoms with van der Waals surface area (Å²) in [6, 6.07) is 0. The number of carbonyl (C=O) groups is 1. The lowest BCUT2D eigenvalue weighted by atomic mass is 9.82. The smallest absolute Gasteiger partial charge is 0.407 e. The number of carboxylic acid groups (broad SMARTS) is 1. The van der Waals surface area contributed by atoms with Gasteiger partial charge in [0.2, 0.25) is 0 Å². The van der Waals surface area contributed by atoms with Gasteiger partial charge in [-0.3, -0.25) is 0 Å². The zero-order chi connectivity index (χ0) is 11.9. The number of dihydropyridines is 1. The van der Waals surface area contributed by atoms with E-state index in [-0.39, 0.29) is 5.60 Å². The van der Waals surface area contributed by atoms with E-state index in [1.54, 1.807) is 6.26 Å². The number of nitrogens with one attached hydrogen (secondary N) is 1. The molecule has 2 N–H and O–H groups in total. The first-order valence-corrected chi connectivity index (χ1v) is 5.71. The summed E-state index contributed by atoms with van der Waals surface area (Å²) in [5, 5.41) is 12.0. The molecule has 17 heavy (non-hydrogen) atoms. The Labute approximate surface area is 99.0 Å². The Hall–Kier alpha value is -1.91. The molecule has 1 fully saturated rings. The van der Waals surface area contributed by atoms with Crippen molar-refractivity contribution in [3.63, 3.8) is 0 Å². The monoisotopic (exact) mass is 234 g/mol. The summed E-state index contributed by atoms with van der Waals surface area (Å²) in [7, 11) is 0. The molecule has 3 aliphatic heterocycles. The zero-order valence-corrected chi connectivity index (χ0v) is 9.35. The summed E-state index contributed by atoms with van der Waals surface area (Å²) < 4.78 is 5.82. The molecule has 3 rings (SSSR count). The number of rotatable bonds is 0. The molecule has 0 aromatic rings. The van der Waals surface area contributed by atoms with Gasteiger partial charge < -0.3 is 20.1 Å². The Morgan fingerprint density at radius 3 is 2.94 bits per heavy atom. The van der Waals surface area contributed by atoms with Crippen molar-refractivity contribution in [3.05, 3.63) is 35.9 Å². The quantitative estimate of drug-likeness (QED) is 0.665. The summed E-state index contributed by atoms with van der Waals surface area (Å²) in [4.78, 5) is 12.3. The van der Waals surface area contributed by atoms with Gasteiger partial charge in [-0.15, -0.1) is 0 Å². The molecule has 0 atom stereocenters. The van der Waals surface area contributed by atoms with Crippen molar-refractivity contribution in [2.24, 2.45) is 0 Å². The normalized spacial score (nSPS) is 24.6.